The number of sulfone groups is 1. The Morgan fingerprint density at radius 2 is 1.42 bits per heavy atom. The summed E-state index contributed by atoms with van der Waals surface area (Å²) < 4.78 is 34.4. The van der Waals surface area contributed by atoms with E-state index in [2.05, 4.69) is 49.5 Å². The van der Waals surface area contributed by atoms with Crippen molar-refractivity contribution >= 4 is 23.1 Å². The van der Waals surface area contributed by atoms with E-state index in [-0.39, 0.29) is 11.6 Å². The molecule has 3 nitrogen and oxygen atoms in total. The zero-order chi connectivity index (χ0) is 23.5. The lowest BCUT2D eigenvalue weighted by Crippen LogP contribution is -2.64. The summed E-state index contributed by atoms with van der Waals surface area (Å²) in [6.45, 7) is 4.65. The highest BCUT2D eigenvalue weighted by Crippen LogP contribution is 2.53. The third-order valence-electron chi connectivity index (χ3n) is 7.56. The molecule has 1 aliphatic rings. The summed E-state index contributed by atoms with van der Waals surface area (Å²) in [6.07, 6.45) is 2.78. The smallest absolute Gasteiger partial charge is 0.184 e. The van der Waals surface area contributed by atoms with E-state index in [1.54, 1.807) is 19.2 Å². The maximum Gasteiger partial charge on any atom is 0.184 e. The molecule has 0 amide bonds. The molecule has 0 saturated heterocycles. The predicted molar refractivity (Wildman–Crippen MR) is 138 cm³/mol. The quantitative estimate of drug-likeness (QED) is 0.414. The van der Waals surface area contributed by atoms with E-state index in [0.29, 0.717) is 17.7 Å². The van der Waals surface area contributed by atoms with Gasteiger partial charge in [0.05, 0.1) is 23.8 Å². The fourth-order valence-electron chi connectivity index (χ4n) is 6.06. The van der Waals surface area contributed by atoms with Crippen LogP contribution >= 0.6 is 0 Å². The van der Waals surface area contributed by atoms with Gasteiger partial charge in [-0.15, -0.1) is 0 Å². The van der Waals surface area contributed by atoms with Gasteiger partial charge in [0.2, 0.25) is 0 Å². The largest absolute Gasteiger partial charge is 0.381 e. The van der Waals surface area contributed by atoms with Gasteiger partial charge in [0.1, 0.15) is 0 Å². The van der Waals surface area contributed by atoms with Gasteiger partial charge in [0.25, 0.3) is 0 Å². The summed E-state index contributed by atoms with van der Waals surface area (Å²) >= 11 is 0. The Bertz CT molecular complexity index is 1150. The highest BCUT2D eigenvalue weighted by molar-refractivity contribution is 7.93. The molecule has 3 aromatic carbocycles. The Hall–Kier alpha value is -2.21. The first-order valence-corrected chi connectivity index (χ1v) is 16.3. The number of ether oxygens (including phenoxy) is 1. The molecule has 1 fully saturated rings. The lowest BCUT2D eigenvalue weighted by molar-refractivity contribution is 0.0546. The van der Waals surface area contributed by atoms with Gasteiger partial charge in [-0.2, -0.15) is 0 Å². The molecule has 5 heteroatoms. The van der Waals surface area contributed by atoms with E-state index < -0.39 is 22.7 Å². The SMILES string of the molecule is CO[C@@H]1CCCC(Cc2ccccc2)(S(=O)(=O)c2ccccc2)[C@H]1[Si](C)(C)c1ccccc1. The Kier molecular flexibility index (Phi) is 6.94. The zero-order valence-corrected chi connectivity index (χ0v) is 21.6. The minimum absolute atomic E-state index is 0.0865. The molecule has 1 saturated carbocycles. The van der Waals surface area contributed by atoms with E-state index >= 15 is 0 Å². The second-order valence-corrected chi connectivity index (χ2v) is 16.7. The molecular formula is C28H34O3SSi. The highest BCUT2D eigenvalue weighted by atomic mass is 32.2. The molecule has 0 aromatic heterocycles. The maximum atomic E-state index is 14.6. The van der Waals surface area contributed by atoms with Crippen LogP contribution in [0.2, 0.25) is 18.6 Å². The van der Waals surface area contributed by atoms with Gasteiger partial charge in [0, 0.05) is 12.7 Å². The van der Waals surface area contributed by atoms with E-state index in [4.69, 9.17) is 4.74 Å². The van der Waals surface area contributed by atoms with Crippen molar-refractivity contribution in [1.82, 2.24) is 0 Å². The van der Waals surface area contributed by atoms with Gasteiger partial charge in [0.15, 0.2) is 9.84 Å². The molecule has 0 N–H and O–H groups in total. The van der Waals surface area contributed by atoms with E-state index in [1.165, 1.54) is 5.19 Å². The number of rotatable bonds is 7. The molecule has 3 atom stereocenters. The van der Waals surface area contributed by atoms with E-state index in [1.807, 2.05) is 42.5 Å². The first-order valence-electron chi connectivity index (χ1n) is 11.7. The minimum Gasteiger partial charge on any atom is -0.381 e. The van der Waals surface area contributed by atoms with Gasteiger partial charge in [-0.3, -0.25) is 0 Å². The lowest BCUT2D eigenvalue weighted by atomic mass is 9.81. The third kappa shape index (κ3) is 4.34. The van der Waals surface area contributed by atoms with Crippen LogP contribution < -0.4 is 5.19 Å². The number of methoxy groups -OCH3 is 1. The van der Waals surface area contributed by atoms with E-state index in [9.17, 15) is 8.42 Å². The monoisotopic (exact) mass is 478 g/mol. The summed E-state index contributed by atoms with van der Waals surface area (Å²) in [5.41, 5.74) is 0.980. The third-order valence-corrected chi connectivity index (χ3v) is 14.6. The molecular weight excluding hydrogens is 444 g/mol. The summed E-state index contributed by atoms with van der Waals surface area (Å²) in [6, 6.07) is 29.7. The van der Waals surface area contributed by atoms with Crippen LogP contribution in [0, 0.1) is 0 Å². The van der Waals surface area contributed by atoms with Gasteiger partial charge >= 0.3 is 0 Å². The topological polar surface area (TPSA) is 43.4 Å². The molecule has 0 bridgehead atoms. The van der Waals surface area contributed by atoms with Crippen molar-refractivity contribution in [3.63, 3.8) is 0 Å². The van der Waals surface area contributed by atoms with Crippen LogP contribution in [-0.4, -0.2) is 34.5 Å². The molecule has 0 spiro atoms. The van der Waals surface area contributed by atoms with Crippen LogP contribution in [-0.2, 0) is 21.0 Å². The molecule has 0 heterocycles. The summed E-state index contributed by atoms with van der Waals surface area (Å²) in [4.78, 5) is 0.417. The van der Waals surface area contributed by atoms with Crippen LogP contribution in [0.3, 0.4) is 0 Å². The van der Waals surface area contributed by atoms with Crippen LogP contribution in [0.15, 0.2) is 95.9 Å². The standard InChI is InChI=1S/C28H34O3SSi/c1-31-26-20-13-21-28(22-23-14-7-4-8-15-23,32(29,30)24-16-9-5-10-17-24)27(26)33(2,3)25-18-11-6-12-19-25/h4-12,14-19,26-27H,13,20-22H2,1-3H3/t26-,27+,28?/m1/s1. The van der Waals surface area contributed by atoms with Crippen molar-refractivity contribution in [2.24, 2.45) is 0 Å². The average Bonchev–Trinajstić information content (AvgIpc) is 2.85. The lowest BCUT2D eigenvalue weighted by Gasteiger charge is -2.53. The second kappa shape index (κ2) is 9.57. The summed E-state index contributed by atoms with van der Waals surface area (Å²) in [5, 5.41) is 1.28. The van der Waals surface area contributed by atoms with Crippen LogP contribution in [0.5, 0.6) is 0 Å². The molecule has 1 aliphatic carbocycles. The van der Waals surface area contributed by atoms with Gasteiger partial charge in [-0.1, -0.05) is 97.1 Å². The zero-order valence-electron chi connectivity index (χ0n) is 19.8. The van der Waals surface area contributed by atoms with Crippen molar-refractivity contribution < 1.29 is 13.2 Å². The molecule has 3 aromatic rings. The van der Waals surface area contributed by atoms with Crippen LogP contribution in [0.1, 0.15) is 24.8 Å². The fourth-order valence-corrected chi connectivity index (χ4v) is 13.9. The van der Waals surface area contributed by atoms with E-state index in [0.717, 1.165) is 18.4 Å². The second-order valence-electron chi connectivity index (χ2n) is 9.78. The molecule has 33 heavy (non-hydrogen) atoms. The minimum atomic E-state index is -3.65. The van der Waals surface area contributed by atoms with Crippen molar-refractivity contribution in [1.29, 1.82) is 0 Å². The Morgan fingerprint density at radius 3 is 2.00 bits per heavy atom. The molecule has 0 aliphatic heterocycles. The molecule has 174 valence electrons. The molecule has 0 radical (unpaired) electrons. The Balaban J connectivity index is 1.98. The van der Waals surface area contributed by atoms with Crippen molar-refractivity contribution in [3.8, 4) is 0 Å². The number of hydrogen-bond acceptors (Lipinski definition) is 3. The number of hydrogen-bond donors (Lipinski definition) is 0. The van der Waals surface area contributed by atoms with Crippen LogP contribution in [0.25, 0.3) is 0 Å². The van der Waals surface area contributed by atoms with Crippen LogP contribution in [0.4, 0.5) is 0 Å². The molecule has 1 unspecified atom stereocenters. The Morgan fingerprint density at radius 1 is 0.879 bits per heavy atom. The first kappa shape index (κ1) is 23.9. The number of benzene rings is 3. The van der Waals surface area contributed by atoms with Gasteiger partial charge in [-0.25, -0.2) is 8.42 Å². The van der Waals surface area contributed by atoms with Crippen molar-refractivity contribution in [2.75, 3.05) is 7.11 Å². The van der Waals surface area contributed by atoms with Gasteiger partial charge < -0.3 is 4.74 Å². The van der Waals surface area contributed by atoms with Gasteiger partial charge in [-0.05, 0) is 43.4 Å². The highest BCUT2D eigenvalue weighted by Gasteiger charge is 2.60. The van der Waals surface area contributed by atoms with Crippen molar-refractivity contribution in [3.05, 3.63) is 96.6 Å². The predicted octanol–water partition coefficient (Wildman–Crippen LogP) is 5.63. The normalized spacial score (nSPS) is 23.8. The Labute approximate surface area is 199 Å². The first-order chi connectivity index (χ1) is 15.8. The maximum absolute atomic E-state index is 14.6. The molecule has 4 rings (SSSR count). The van der Waals surface area contributed by atoms with Crippen molar-refractivity contribution in [2.45, 2.75) is 60.1 Å². The average molecular weight is 479 g/mol. The fraction of sp³-hybridized carbons (Fsp3) is 0.357. The summed E-state index contributed by atoms with van der Waals surface area (Å²) in [5.74, 6) is 0. The summed E-state index contributed by atoms with van der Waals surface area (Å²) in [7, 11) is -4.20.